The molecule has 1 aliphatic carbocycles. The maximum atomic E-state index is 14.4. The third-order valence-electron chi connectivity index (χ3n) is 7.45. The first-order chi connectivity index (χ1) is 18.0. The Balaban J connectivity index is 1.13. The van der Waals surface area contributed by atoms with Crippen LogP contribution in [0.3, 0.4) is 0 Å². The molecule has 4 amide bonds. The number of hydrogen-bond acceptors (Lipinski definition) is 5. The molecule has 196 valence electrons. The summed E-state index contributed by atoms with van der Waals surface area (Å²) in [5, 5.41) is 2.90. The van der Waals surface area contributed by atoms with Crippen LogP contribution in [0.25, 0.3) is 0 Å². The first-order valence-electron chi connectivity index (χ1n) is 13.0. The summed E-state index contributed by atoms with van der Waals surface area (Å²) < 4.78 is 25.0. The molecule has 3 aliphatic rings. The minimum absolute atomic E-state index is 0.0949. The van der Waals surface area contributed by atoms with Crippen LogP contribution in [-0.2, 0) is 22.7 Å². The molecule has 8 nitrogen and oxygen atoms in total. The molecule has 9 heteroatoms. The van der Waals surface area contributed by atoms with Crippen LogP contribution in [0.4, 0.5) is 9.18 Å². The number of benzene rings is 2. The molecule has 2 fully saturated rings. The number of imide groups is 1. The maximum absolute atomic E-state index is 14.4. The van der Waals surface area contributed by atoms with Gasteiger partial charge in [0.25, 0.3) is 0 Å². The lowest BCUT2D eigenvalue weighted by Crippen LogP contribution is -2.62. The number of carbonyl (C=O) groups is 3. The van der Waals surface area contributed by atoms with E-state index in [-0.39, 0.29) is 55.5 Å². The first kappa shape index (κ1) is 25.0. The van der Waals surface area contributed by atoms with Gasteiger partial charge in [0.1, 0.15) is 5.82 Å². The predicted molar refractivity (Wildman–Crippen MR) is 133 cm³/mol. The zero-order chi connectivity index (χ0) is 25.8. The highest BCUT2D eigenvalue weighted by Crippen LogP contribution is 2.36. The van der Waals surface area contributed by atoms with E-state index in [1.807, 2.05) is 18.2 Å². The van der Waals surface area contributed by atoms with Crippen LogP contribution in [0.5, 0.6) is 11.5 Å². The van der Waals surface area contributed by atoms with Gasteiger partial charge in [0.2, 0.25) is 18.6 Å². The molecule has 1 N–H and O–H groups in total. The standard InChI is InChI=1S/C28H32FN3O5/c29-22-9-3-1-7-20(22)17-32-23-10-4-2-8-21(23)27(34)31(28(32)35)14-6-5-11-26(33)30-16-19-12-13-24-25(15-19)37-18-36-24/h1,3,7,9,12-13,15,21,23H,2,4-6,8,10-11,14,16-18H2,(H,30,33). The van der Waals surface area contributed by atoms with Crippen LogP contribution in [0.15, 0.2) is 42.5 Å². The highest BCUT2D eigenvalue weighted by atomic mass is 19.1. The molecule has 2 aromatic rings. The summed E-state index contributed by atoms with van der Waals surface area (Å²) in [6.07, 6.45) is 4.78. The molecule has 0 radical (unpaired) electrons. The van der Waals surface area contributed by atoms with Gasteiger partial charge in [0.15, 0.2) is 11.5 Å². The van der Waals surface area contributed by atoms with E-state index >= 15 is 0 Å². The van der Waals surface area contributed by atoms with Gasteiger partial charge in [0.05, 0.1) is 12.5 Å². The first-order valence-corrected chi connectivity index (χ1v) is 13.0. The molecule has 2 unspecified atom stereocenters. The monoisotopic (exact) mass is 509 g/mol. The van der Waals surface area contributed by atoms with Crippen molar-refractivity contribution in [1.29, 1.82) is 0 Å². The van der Waals surface area contributed by atoms with E-state index in [0.717, 1.165) is 31.2 Å². The number of fused-ring (bicyclic) bond motifs is 2. The van der Waals surface area contributed by atoms with Crippen LogP contribution < -0.4 is 14.8 Å². The van der Waals surface area contributed by atoms with Gasteiger partial charge >= 0.3 is 6.03 Å². The summed E-state index contributed by atoms with van der Waals surface area (Å²) in [6, 6.07) is 11.5. The average molecular weight is 510 g/mol. The Labute approximate surface area is 215 Å². The number of halogens is 1. The summed E-state index contributed by atoms with van der Waals surface area (Å²) >= 11 is 0. The van der Waals surface area contributed by atoms with Crippen molar-refractivity contribution in [2.24, 2.45) is 5.92 Å². The van der Waals surface area contributed by atoms with Crippen molar-refractivity contribution >= 4 is 17.8 Å². The number of rotatable bonds is 9. The summed E-state index contributed by atoms with van der Waals surface area (Å²) in [5.41, 5.74) is 1.37. The van der Waals surface area contributed by atoms with Gasteiger partial charge in [-0.3, -0.25) is 14.5 Å². The Kier molecular flexibility index (Phi) is 7.58. The molecule has 1 saturated carbocycles. The van der Waals surface area contributed by atoms with E-state index in [0.29, 0.717) is 42.9 Å². The predicted octanol–water partition coefficient (Wildman–Crippen LogP) is 4.36. The fourth-order valence-corrected chi connectivity index (χ4v) is 5.46. The molecule has 37 heavy (non-hydrogen) atoms. The SMILES string of the molecule is O=C(CCCCN1C(=O)C2CCCCC2N(Cc2ccccc2F)C1=O)NCc1ccc2c(c1)OCO2. The number of hydrogen-bond donors (Lipinski definition) is 1. The molecular weight excluding hydrogens is 477 g/mol. The molecule has 2 aromatic carbocycles. The van der Waals surface area contributed by atoms with Gasteiger partial charge in [-0.1, -0.05) is 37.1 Å². The van der Waals surface area contributed by atoms with Gasteiger partial charge < -0.3 is 19.7 Å². The van der Waals surface area contributed by atoms with Crippen molar-refractivity contribution < 1.29 is 28.2 Å². The number of unbranched alkanes of at least 4 members (excludes halogenated alkanes) is 1. The minimum Gasteiger partial charge on any atom is -0.454 e. The molecular formula is C28H32FN3O5. The molecule has 2 atom stereocenters. The van der Waals surface area contributed by atoms with E-state index in [2.05, 4.69) is 5.32 Å². The fraction of sp³-hybridized carbons (Fsp3) is 0.464. The second-order valence-electron chi connectivity index (χ2n) is 9.87. The van der Waals surface area contributed by atoms with Crippen LogP contribution in [-0.4, -0.2) is 47.0 Å². The van der Waals surface area contributed by atoms with Crippen LogP contribution in [0, 0.1) is 11.7 Å². The summed E-state index contributed by atoms with van der Waals surface area (Å²) in [4.78, 5) is 41.9. The lowest BCUT2D eigenvalue weighted by Gasteiger charge is -2.47. The van der Waals surface area contributed by atoms with Gasteiger partial charge in [-0.2, -0.15) is 0 Å². The molecule has 0 aromatic heterocycles. The highest BCUT2D eigenvalue weighted by Gasteiger charge is 2.46. The number of urea groups is 1. The van der Waals surface area contributed by atoms with Crippen molar-refractivity contribution in [3.8, 4) is 11.5 Å². The highest BCUT2D eigenvalue weighted by molar-refractivity contribution is 5.98. The zero-order valence-corrected chi connectivity index (χ0v) is 20.8. The Morgan fingerprint density at radius 3 is 2.70 bits per heavy atom. The number of carbonyl (C=O) groups excluding carboxylic acids is 3. The lowest BCUT2D eigenvalue weighted by molar-refractivity contribution is -0.140. The average Bonchev–Trinajstić information content (AvgIpc) is 3.38. The molecule has 1 saturated heterocycles. The third kappa shape index (κ3) is 5.55. The second-order valence-corrected chi connectivity index (χ2v) is 9.87. The van der Waals surface area contributed by atoms with Crippen molar-refractivity contribution in [2.75, 3.05) is 13.3 Å². The molecule has 2 heterocycles. The Morgan fingerprint density at radius 1 is 1.03 bits per heavy atom. The normalized spacial score (nSPS) is 20.7. The maximum Gasteiger partial charge on any atom is 0.327 e. The van der Waals surface area contributed by atoms with E-state index in [9.17, 15) is 18.8 Å². The van der Waals surface area contributed by atoms with Crippen molar-refractivity contribution in [3.63, 3.8) is 0 Å². The summed E-state index contributed by atoms with van der Waals surface area (Å²) in [6.45, 7) is 0.991. The van der Waals surface area contributed by atoms with Gasteiger partial charge in [-0.15, -0.1) is 0 Å². The van der Waals surface area contributed by atoms with Gasteiger partial charge in [0, 0.05) is 31.1 Å². The molecule has 0 bridgehead atoms. The van der Waals surface area contributed by atoms with Gasteiger partial charge in [-0.05, 0) is 49.4 Å². The summed E-state index contributed by atoms with van der Waals surface area (Å²) in [7, 11) is 0. The Bertz CT molecular complexity index is 1170. The van der Waals surface area contributed by atoms with Crippen LogP contribution >= 0.6 is 0 Å². The Morgan fingerprint density at radius 2 is 1.84 bits per heavy atom. The van der Waals surface area contributed by atoms with Crippen molar-refractivity contribution in [2.45, 2.75) is 64.1 Å². The van der Waals surface area contributed by atoms with E-state index in [1.165, 1.54) is 11.0 Å². The number of nitrogens with one attached hydrogen (secondary N) is 1. The molecule has 0 spiro atoms. The van der Waals surface area contributed by atoms with Crippen LogP contribution in [0.1, 0.15) is 56.1 Å². The number of ether oxygens (including phenoxy) is 2. The molecule has 2 aliphatic heterocycles. The topological polar surface area (TPSA) is 88.2 Å². The quantitative estimate of drug-likeness (QED) is 0.508. The van der Waals surface area contributed by atoms with Crippen LogP contribution in [0.2, 0.25) is 0 Å². The number of nitrogens with zero attached hydrogens (tertiary/aromatic N) is 2. The second kappa shape index (κ2) is 11.2. The van der Waals surface area contributed by atoms with E-state index in [1.54, 1.807) is 23.1 Å². The zero-order valence-electron chi connectivity index (χ0n) is 20.8. The Hall–Kier alpha value is -3.62. The largest absolute Gasteiger partial charge is 0.454 e. The van der Waals surface area contributed by atoms with E-state index < -0.39 is 0 Å². The van der Waals surface area contributed by atoms with E-state index in [4.69, 9.17) is 9.47 Å². The minimum atomic E-state index is -0.358. The molecule has 5 rings (SSSR count). The number of amides is 4. The fourth-order valence-electron chi connectivity index (χ4n) is 5.46. The van der Waals surface area contributed by atoms with Crippen molar-refractivity contribution in [3.05, 3.63) is 59.4 Å². The lowest BCUT2D eigenvalue weighted by atomic mass is 9.81. The smallest absolute Gasteiger partial charge is 0.327 e. The summed E-state index contributed by atoms with van der Waals surface area (Å²) in [5.74, 6) is 0.547. The third-order valence-corrected chi connectivity index (χ3v) is 7.45. The van der Waals surface area contributed by atoms with Crippen molar-refractivity contribution in [1.82, 2.24) is 15.1 Å². The van der Waals surface area contributed by atoms with Gasteiger partial charge in [-0.25, -0.2) is 9.18 Å².